The van der Waals surface area contributed by atoms with E-state index in [1.807, 2.05) is 47.4 Å². The Labute approximate surface area is 210 Å². The number of hydrogen-bond donors (Lipinski definition) is 2. The summed E-state index contributed by atoms with van der Waals surface area (Å²) in [6.45, 7) is 1.06. The summed E-state index contributed by atoms with van der Waals surface area (Å²) in [6.07, 6.45) is 2.09. The van der Waals surface area contributed by atoms with Crippen LogP contribution < -0.4 is 10.1 Å². The Balaban J connectivity index is 1.28. The topological polar surface area (TPSA) is 78.9 Å². The first kappa shape index (κ1) is 24.8. The maximum Gasteiger partial charge on any atom is 0.253 e. The standard InChI is InChI=1S/C28H29ClN2O4/c29-23-10-12-25(13-11-23)35-26-14-16-31(17-15-26)28(34)22-8-6-21(7-9-22)27(33)30-24(19-32)18-20-4-2-1-3-5-20/h1-13,24,26,32H,14-19H2,(H,30,33)/t24-/m0/s1. The number of nitrogens with zero attached hydrogens (tertiary/aromatic N) is 1. The monoisotopic (exact) mass is 492 g/mol. The molecular weight excluding hydrogens is 464 g/mol. The molecule has 182 valence electrons. The third-order valence-corrected chi connectivity index (χ3v) is 6.37. The van der Waals surface area contributed by atoms with Gasteiger partial charge in [0.05, 0.1) is 12.6 Å². The first-order chi connectivity index (χ1) is 17.0. The van der Waals surface area contributed by atoms with Crippen molar-refractivity contribution in [2.75, 3.05) is 19.7 Å². The van der Waals surface area contributed by atoms with Crippen molar-refractivity contribution in [3.05, 3.63) is 101 Å². The Morgan fingerprint density at radius 1 is 0.943 bits per heavy atom. The number of nitrogens with one attached hydrogen (secondary N) is 1. The number of hydrogen-bond acceptors (Lipinski definition) is 4. The fraction of sp³-hybridized carbons (Fsp3) is 0.286. The van der Waals surface area contributed by atoms with Crippen molar-refractivity contribution in [3.63, 3.8) is 0 Å². The molecule has 1 saturated heterocycles. The maximum absolute atomic E-state index is 12.9. The van der Waals surface area contributed by atoms with E-state index in [0.29, 0.717) is 35.7 Å². The first-order valence-corrected chi connectivity index (χ1v) is 12.2. The number of benzene rings is 3. The third kappa shape index (κ3) is 6.84. The van der Waals surface area contributed by atoms with Gasteiger partial charge in [-0.3, -0.25) is 9.59 Å². The minimum atomic E-state index is -0.386. The van der Waals surface area contributed by atoms with E-state index in [1.54, 1.807) is 36.4 Å². The molecule has 0 aromatic heterocycles. The molecule has 0 aliphatic carbocycles. The van der Waals surface area contributed by atoms with Crippen LogP contribution in [0.1, 0.15) is 39.1 Å². The minimum Gasteiger partial charge on any atom is -0.490 e. The molecule has 1 aliphatic rings. The summed E-state index contributed by atoms with van der Waals surface area (Å²) in [7, 11) is 0. The second-order valence-electron chi connectivity index (χ2n) is 8.68. The molecule has 4 rings (SSSR count). The molecule has 2 amide bonds. The number of piperidine rings is 1. The van der Waals surface area contributed by atoms with Crippen LogP contribution in [0.5, 0.6) is 5.75 Å². The zero-order chi connectivity index (χ0) is 24.6. The molecule has 3 aromatic rings. The number of aliphatic hydroxyl groups is 1. The van der Waals surface area contributed by atoms with Gasteiger partial charge in [0, 0.05) is 42.1 Å². The van der Waals surface area contributed by atoms with Gasteiger partial charge < -0.3 is 20.1 Å². The lowest BCUT2D eigenvalue weighted by molar-refractivity contribution is 0.0595. The lowest BCUT2D eigenvalue weighted by Gasteiger charge is -2.32. The summed E-state index contributed by atoms with van der Waals surface area (Å²) in [5.41, 5.74) is 2.03. The van der Waals surface area contributed by atoms with Crippen molar-refractivity contribution in [3.8, 4) is 5.75 Å². The summed E-state index contributed by atoms with van der Waals surface area (Å²) in [5.74, 6) is 0.443. The van der Waals surface area contributed by atoms with Crippen LogP contribution in [0.15, 0.2) is 78.9 Å². The van der Waals surface area contributed by atoms with Gasteiger partial charge in [-0.1, -0.05) is 41.9 Å². The van der Waals surface area contributed by atoms with Gasteiger partial charge in [0.2, 0.25) is 0 Å². The van der Waals surface area contributed by atoms with E-state index >= 15 is 0 Å². The van der Waals surface area contributed by atoms with Gasteiger partial charge in [-0.05, 0) is 60.5 Å². The predicted octanol–water partition coefficient (Wildman–Crippen LogP) is 4.36. The highest BCUT2D eigenvalue weighted by Crippen LogP contribution is 2.22. The second kappa shape index (κ2) is 11.9. The van der Waals surface area contributed by atoms with Crippen LogP contribution >= 0.6 is 11.6 Å². The van der Waals surface area contributed by atoms with Gasteiger partial charge in [0.15, 0.2) is 0 Å². The van der Waals surface area contributed by atoms with Crippen molar-refractivity contribution >= 4 is 23.4 Å². The molecule has 0 spiro atoms. The largest absolute Gasteiger partial charge is 0.490 e. The SMILES string of the molecule is O=C(N[C@H](CO)Cc1ccccc1)c1ccc(C(=O)N2CCC(Oc3ccc(Cl)cc3)CC2)cc1. The van der Waals surface area contributed by atoms with Crippen molar-refractivity contribution in [1.82, 2.24) is 10.2 Å². The second-order valence-corrected chi connectivity index (χ2v) is 9.12. The summed E-state index contributed by atoms with van der Waals surface area (Å²) in [4.78, 5) is 27.4. The van der Waals surface area contributed by atoms with Crippen molar-refractivity contribution in [2.45, 2.75) is 31.4 Å². The van der Waals surface area contributed by atoms with E-state index in [2.05, 4.69) is 5.32 Å². The summed E-state index contributed by atoms with van der Waals surface area (Å²) in [6, 6.07) is 23.3. The average Bonchev–Trinajstić information content (AvgIpc) is 2.90. The normalized spacial score (nSPS) is 14.9. The van der Waals surface area contributed by atoms with Crippen molar-refractivity contribution in [1.29, 1.82) is 0 Å². The molecule has 6 nitrogen and oxygen atoms in total. The lowest BCUT2D eigenvalue weighted by atomic mass is 10.0. The smallest absolute Gasteiger partial charge is 0.253 e. The number of rotatable bonds is 8. The number of halogens is 1. The van der Waals surface area contributed by atoms with Crippen molar-refractivity contribution < 1.29 is 19.4 Å². The molecule has 1 heterocycles. The number of carbonyl (C=O) groups excluding carboxylic acids is 2. The Kier molecular flexibility index (Phi) is 8.40. The molecular formula is C28H29ClN2O4. The van der Waals surface area contributed by atoms with Gasteiger partial charge >= 0.3 is 0 Å². The fourth-order valence-electron chi connectivity index (χ4n) is 4.16. The highest BCUT2D eigenvalue weighted by Gasteiger charge is 2.25. The summed E-state index contributed by atoms with van der Waals surface area (Å²) in [5, 5.41) is 13.2. The Hall–Kier alpha value is -3.35. The van der Waals surface area contributed by atoms with Crippen LogP contribution in [-0.4, -0.2) is 53.7 Å². The van der Waals surface area contributed by atoms with Crippen LogP contribution in [-0.2, 0) is 6.42 Å². The van der Waals surface area contributed by atoms with Gasteiger partial charge in [-0.15, -0.1) is 0 Å². The van der Waals surface area contributed by atoms with Crippen LogP contribution in [0.25, 0.3) is 0 Å². The van der Waals surface area contributed by atoms with Crippen LogP contribution in [0.4, 0.5) is 0 Å². The number of aliphatic hydroxyl groups excluding tert-OH is 1. The van der Waals surface area contributed by atoms with E-state index in [-0.39, 0.29) is 30.6 Å². The van der Waals surface area contributed by atoms with Gasteiger partial charge in [0.25, 0.3) is 11.8 Å². The van der Waals surface area contributed by atoms with E-state index < -0.39 is 0 Å². The Morgan fingerprint density at radius 3 is 2.20 bits per heavy atom. The molecule has 1 atom stereocenters. The third-order valence-electron chi connectivity index (χ3n) is 6.12. The molecule has 1 aliphatic heterocycles. The van der Waals surface area contributed by atoms with E-state index in [1.165, 1.54) is 0 Å². The molecule has 3 aromatic carbocycles. The molecule has 0 radical (unpaired) electrons. The predicted molar refractivity (Wildman–Crippen MR) is 136 cm³/mol. The number of ether oxygens (including phenoxy) is 1. The molecule has 0 saturated carbocycles. The molecule has 7 heteroatoms. The highest BCUT2D eigenvalue weighted by atomic mass is 35.5. The summed E-state index contributed by atoms with van der Waals surface area (Å²) < 4.78 is 6.01. The maximum atomic E-state index is 12.9. The zero-order valence-corrected chi connectivity index (χ0v) is 20.2. The van der Waals surface area contributed by atoms with Crippen LogP contribution in [0.3, 0.4) is 0 Å². The minimum absolute atomic E-state index is 0.0563. The summed E-state index contributed by atoms with van der Waals surface area (Å²) >= 11 is 5.92. The Bertz CT molecular complexity index is 1110. The molecule has 0 bridgehead atoms. The molecule has 2 N–H and O–H groups in total. The van der Waals surface area contributed by atoms with Gasteiger partial charge in [0.1, 0.15) is 11.9 Å². The Morgan fingerprint density at radius 2 is 1.57 bits per heavy atom. The van der Waals surface area contributed by atoms with Gasteiger partial charge in [-0.25, -0.2) is 0 Å². The van der Waals surface area contributed by atoms with Crippen LogP contribution in [0, 0.1) is 0 Å². The molecule has 0 unspecified atom stereocenters. The fourth-order valence-corrected chi connectivity index (χ4v) is 4.28. The van der Waals surface area contributed by atoms with E-state index in [0.717, 1.165) is 24.2 Å². The molecule has 1 fully saturated rings. The van der Waals surface area contributed by atoms with E-state index in [9.17, 15) is 14.7 Å². The number of amides is 2. The van der Waals surface area contributed by atoms with Crippen molar-refractivity contribution in [2.24, 2.45) is 0 Å². The lowest BCUT2D eigenvalue weighted by Crippen LogP contribution is -2.41. The van der Waals surface area contributed by atoms with Crippen LogP contribution in [0.2, 0.25) is 5.02 Å². The quantitative estimate of drug-likeness (QED) is 0.490. The zero-order valence-electron chi connectivity index (χ0n) is 19.4. The molecule has 35 heavy (non-hydrogen) atoms. The number of carbonyl (C=O) groups is 2. The van der Waals surface area contributed by atoms with Gasteiger partial charge in [-0.2, -0.15) is 0 Å². The van der Waals surface area contributed by atoms with E-state index in [4.69, 9.17) is 16.3 Å². The average molecular weight is 493 g/mol. The highest BCUT2D eigenvalue weighted by molar-refractivity contribution is 6.30. The first-order valence-electron chi connectivity index (χ1n) is 11.8. The number of likely N-dealkylation sites (tertiary alicyclic amines) is 1.